The molecule has 0 unspecified atom stereocenters. The van der Waals surface area contributed by atoms with E-state index in [4.69, 9.17) is 9.52 Å². The van der Waals surface area contributed by atoms with Crippen LogP contribution >= 0.6 is 0 Å². The SMILES string of the molecule is Cc1nc(-c2cccc(NS(=O)(=O)c3ccc(C(=O)O)cc3)c2)oc1C. The molecule has 0 saturated heterocycles. The van der Waals surface area contributed by atoms with E-state index < -0.39 is 16.0 Å². The van der Waals surface area contributed by atoms with E-state index in [0.29, 0.717) is 22.9 Å². The third-order valence-electron chi connectivity index (χ3n) is 3.80. The van der Waals surface area contributed by atoms with Gasteiger partial charge >= 0.3 is 5.97 Å². The third-order valence-corrected chi connectivity index (χ3v) is 5.20. The molecule has 0 radical (unpaired) electrons. The topological polar surface area (TPSA) is 110 Å². The number of benzene rings is 2. The lowest BCUT2D eigenvalue weighted by Crippen LogP contribution is -2.13. The van der Waals surface area contributed by atoms with Crippen LogP contribution in [0.1, 0.15) is 21.8 Å². The van der Waals surface area contributed by atoms with E-state index in [-0.39, 0.29) is 10.5 Å². The lowest BCUT2D eigenvalue weighted by atomic mass is 10.2. The van der Waals surface area contributed by atoms with Gasteiger partial charge in [0.05, 0.1) is 16.2 Å². The first-order chi connectivity index (χ1) is 12.3. The molecule has 0 atom stereocenters. The zero-order valence-electron chi connectivity index (χ0n) is 14.1. The van der Waals surface area contributed by atoms with Crippen LogP contribution in [-0.4, -0.2) is 24.5 Å². The van der Waals surface area contributed by atoms with E-state index >= 15 is 0 Å². The molecule has 8 heteroatoms. The van der Waals surface area contributed by atoms with Gasteiger partial charge in [-0.05, 0) is 56.3 Å². The maximum Gasteiger partial charge on any atom is 0.335 e. The van der Waals surface area contributed by atoms with Crippen molar-refractivity contribution in [2.45, 2.75) is 18.7 Å². The first kappa shape index (κ1) is 17.7. The standard InChI is InChI=1S/C18H16N2O5S/c1-11-12(2)25-17(19-11)14-4-3-5-15(10-14)20-26(23,24)16-8-6-13(7-9-16)18(21)22/h3-10,20H,1-2H3,(H,21,22). The number of nitrogens with one attached hydrogen (secondary N) is 1. The monoisotopic (exact) mass is 372 g/mol. The molecule has 3 aromatic rings. The number of aryl methyl sites for hydroxylation is 2. The molecule has 1 aromatic heterocycles. The summed E-state index contributed by atoms with van der Waals surface area (Å²) in [4.78, 5) is 15.1. The first-order valence-electron chi connectivity index (χ1n) is 7.67. The van der Waals surface area contributed by atoms with Crippen LogP contribution < -0.4 is 4.72 Å². The Labute approximate surface area is 150 Å². The largest absolute Gasteiger partial charge is 0.478 e. The zero-order chi connectivity index (χ0) is 18.9. The number of carboxylic acids is 1. The van der Waals surface area contributed by atoms with Gasteiger partial charge in [-0.3, -0.25) is 4.72 Å². The molecule has 26 heavy (non-hydrogen) atoms. The summed E-state index contributed by atoms with van der Waals surface area (Å²) in [5.74, 6) is -0.0116. The van der Waals surface area contributed by atoms with Gasteiger partial charge in [0.15, 0.2) is 0 Å². The van der Waals surface area contributed by atoms with E-state index in [1.54, 1.807) is 31.2 Å². The highest BCUT2D eigenvalue weighted by atomic mass is 32.2. The summed E-state index contributed by atoms with van der Waals surface area (Å²) in [7, 11) is -3.85. The molecule has 2 aromatic carbocycles. The average Bonchev–Trinajstić information content (AvgIpc) is 2.94. The van der Waals surface area contributed by atoms with Gasteiger partial charge in [-0.25, -0.2) is 18.2 Å². The third kappa shape index (κ3) is 3.60. The maximum atomic E-state index is 12.5. The second-order valence-corrected chi connectivity index (χ2v) is 7.36. The number of nitrogens with zero attached hydrogens (tertiary/aromatic N) is 1. The van der Waals surface area contributed by atoms with Crippen molar-refractivity contribution in [1.29, 1.82) is 0 Å². The molecule has 3 rings (SSSR count). The Morgan fingerprint density at radius 3 is 2.38 bits per heavy atom. The van der Waals surface area contributed by atoms with E-state index in [9.17, 15) is 13.2 Å². The minimum absolute atomic E-state index is 0.0144. The lowest BCUT2D eigenvalue weighted by Gasteiger charge is -2.09. The van der Waals surface area contributed by atoms with Crippen molar-refractivity contribution in [2.75, 3.05) is 4.72 Å². The molecule has 2 N–H and O–H groups in total. The zero-order valence-corrected chi connectivity index (χ0v) is 14.9. The van der Waals surface area contributed by atoms with Crippen LogP contribution in [0.2, 0.25) is 0 Å². The molecule has 0 amide bonds. The molecular weight excluding hydrogens is 356 g/mol. The van der Waals surface area contributed by atoms with Crippen molar-refractivity contribution >= 4 is 21.7 Å². The summed E-state index contributed by atoms with van der Waals surface area (Å²) in [6, 6.07) is 11.7. The molecule has 1 heterocycles. The van der Waals surface area contributed by atoms with Gasteiger partial charge in [0.2, 0.25) is 5.89 Å². The molecule has 0 aliphatic rings. The summed E-state index contributed by atoms with van der Waals surface area (Å²) in [6.45, 7) is 3.63. The highest BCUT2D eigenvalue weighted by molar-refractivity contribution is 7.92. The van der Waals surface area contributed by atoms with Crippen molar-refractivity contribution in [3.8, 4) is 11.5 Å². The molecule has 134 valence electrons. The maximum absolute atomic E-state index is 12.5. The smallest absolute Gasteiger partial charge is 0.335 e. The summed E-state index contributed by atoms with van der Waals surface area (Å²) in [6.07, 6.45) is 0. The second kappa shape index (κ2) is 6.64. The predicted molar refractivity (Wildman–Crippen MR) is 95.6 cm³/mol. The highest BCUT2D eigenvalue weighted by Gasteiger charge is 2.16. The number of carbonyl (C=O) groups is 1. The number of anilines is 1. The van der Waals surface area contributed by atoms with Crippen LogP contribution in [0.15, 0.2) is 57.8 Å². The van der Waals surface area contributed by atoms with Crippen molar-refractivity contribution in [2.24, 2.45) is 0 Å². The number of hydrogen-bond donors (Lipinski definition) is 2. The number of aromatic nitrogens is 1. The molecular formula is C18H16N2O5S. The summed E-state index contributed by atoms with van der Waals surface area (Å²) in [5, 5.41) is 8.89. The van der Waals surface area contributed by atoms with Crippen molar-refractivity contribution in [3.63, 3.8) is 0 Å². The van der Waals surface area contributed by atoms with Gasteiger partial charge in [0, 0.05) is 11.3 Å². The van der Waals surface area contributed by atoms with Crippen molar-refractivity contribution in [3.05, 3.63) is 65.5 Å². The van der Waals surface area contributed by atoms with Gasteiger partial charge < -0.3 is 9.52 Å². The van der Waals surface area contributed by atoms with E-state index in [2.05, 4.69) is 9.71 Å². The van der Waals surface area contributed by atoms with Gasteiger partial charge in [-0.15, -0.1) is 0 Å². The van der Waals surface area contributed by atoms with E-state index in [1.165, 1.54) is 24.3 Å². The predicted octanol–water partition coefficient (Wildman–Crippen LogP) is 3.46. The van der Waals surface area contributed by atoms with Crippen LogP contribution in [0.25, 0.3) is 11.5 Å². The normalized spacial score (nSPS) is 11.3. The van der Waals surface area contributed by atoms with Crippen LogP contribution in [0, 0.1) is 13.8 Å². The van der Waals surface area contributed by atoms with Crippen molar-refractivity contribution in [1.82, 2.24) is 4.98 Å². The minimum Gasteiger partial charge on any atom is -0.478 e. The second-order valence-electron chi connectivity index (χ2n) is 5.68. The molecule has 0 saturated carbocycles. The van der Waals surface area contributed by atoms with Gasteiger partial charge in [0.1, 0.15) is 5.76 Å². The fourth-order valence-electron chi connectivity index (χ4n) is 2.30. The Morgan fingerprint density at radius 1 is 1.12 bits per heavy atom. The Kier molecular flexibility index (Phi) is 4.52. The van der Waals surface area contributed by atoms with Crippen LogP contribution in [0.3, 0.4) is 0 Å². The Hall–Kier alpha value is -3.13. The molecule has 0 aliphatic carbocycles. The van der Waals surface area contributed by atoms with Crippen molar-refractivity contribution < 1.29 is 22.7 Å². The fraction of sp³-hybridized carbons (Fsp3) is 0.111. The summed E-state index contributed by atoms with van der Waals surface area (Å²) in [5.41, 5.74) is 1.77. The van der Waals surface area contributed by atoms with Gasteiger partial charge in [-0.2, -0.15) is 0 Å². The molecule has 0 bridgehead atoms. The van der Waals surface area contributed by atoms with Crippen LogP contribution in [0.5, 0.6) is 0 Å². The molecule has 7 nitrogen and oxygen atoms in total. The Bertz CT molecular complexity index is 1050. The molecule has 0 aliphatic heterocycles. The van der Waals surface area contributed by atoms with Gasteiger partial charge in [0.25, 0.3) is 10.0 Å². The number of rotatable bonds is 5. The van der Waals surface area contributed by atoms with Crippen LogP contribution in [-0.2, 0) is 10.0 Å². The number of carboxylic acid groups (broad SMARTS) is 1. The first-order valence-corrected chi connectivity index (χ1v) is 9.15. The van der Waals surface area contributed by atoms with E-state index in [1.807, 2.05) is 6.92 Å². The van der Waals surface area contributed by atoms with E-state index in [0.717, 1.165) is 5.69 Å². The Balaban J connectivity index is 1.88. The lowest BCUT2D eigenvalue weighted by molar-refractivity contribution is 0.0696. The molecule has 0 fully saturated rings. The summed E-state index contributed by atoms with van der Waals surface area (Å²) < 4.78 is 33.0. The number of hydrogen-bond acceptors (Lipinski definition) is 5. The molecule has 0 spiro atoms. The minimum atomic E-state index is -3.85. The summed E-state index contributed by atoms with van der Waals surface area (Å²) >= 11 is 0. The van der Waals surface area contributed by atoms with Gasteiger partial charge in [-0.1, -0.05) is 6.07 Å². The highest BCUT2D eigenvalue weighted by Crippen LogP contribution is 2.25. The number of aromatic carboxylic acids is 1. The van der Waals surface area contributed by atoms with Crippen LogP contribution in [0.4, 0.5) is 5.69 Å². The average molecular weight is 372 g/mol. The quantitative estimate of drug-likeness (QED) is 0.710. The number of oxazole rings is 1. The number of sulfonamides is 1. The fourth-order valence-corrected chi connectivity index (χ4v) is 3.35. The Morgan fingerprint density at radius 2 is 1.81 bits per heavy atom.